The zero-order valence-electron chi connectivity index (χ0n) is 12.8. The normalized spacial score (nSPS) is 13.7. The van der Waals surface area contributed by atoms with E-state index < -0.39 is 6.10 Å². The van der Waals surface area contributed by atoms with Crippen LogP contribution in [-0.4, -0.2) is 28.6 Å². The number of phenols is 1. The zero-order valence-corrected chi connectivity index (χ0v) is 13.6. The lowest BCUT2D eigenvalue weighted by molar-refractivity contribution is 0.136. The van der Waals surface area contributed by atoms with Gasteiger partial charge in [0.2, 0.25) is 0 Å². The van der Waals surface area contributed by atoms with E-state index in [-0.39, 0.29) is 11.8 Å². The van der Waals surface area contributed by atoms with Crippen molar-refractivity contribution in [3.63, 3.8) is 0 Å². The number of nitrogens with one attached hydrogen (secondary N) is 1. The van der Waals surface area contributed by atoms with Crippen LogP contribution in [0.3, 0.4) is 0 Å². The van der Waals surface area contributed by atoms with Crippen LogP contribution in [0.25, 0.3) is 0 Å². The van der Waals surface area contributed by atoms with Crippen LogP contribution in [0.5, 0.6) is 5.75 Å². The van der Waals surface area contributed by atoms with E-state index in [1.165, 1.54) is 4.90 Å². The van der Waals surface area contributed by atoms with Crippen molar-refractivity contribution in [2.75, 3.05) is 12.3 Å². The Hall–Kier alpha value is -1.49. The molecule has 0 aliphatic heterocycles. The summed E-state index contributed by atoms with van der Waals surface area (Å²) >= 11 is 1.85. The summed E-state index contributed by atoms with van der Waals surface area (Å²) in [5.74, 6) is 1.27. The lowest BCUT2D eigenvalue weighted by atomic mass is 10.0. The number of hydrogen-bond acceptors (Lipinski definition) is 4. The van der Waals surface area contributed by atoms with Crippen molar-refractivity contribution < 1.29 is 10.2 Å². The van der Waals surface area contributed by atoms with E-state index >= 15 is 0 Å². The van der Waals surface area contributed by atoms with Gasteiger partial charge in [0.1, 0.15) is 5.75 Å². The second-order valence-corrected chi connectivity index (χ2v) is 6.46. The van der Waals surface area contributed by atoms with Crippen LogP contribution in [-0.2, 0) is 0 Å². The molecule has 3 N–H and O–H groups in total. The molecule has 118 valence electrons. The highest BCUT2D eigenvalue weighted by Crippen LogP contribution is 2.20. The van der Waals surface area contributed by atoms with Gasteiger partial charge in [-0.05, 0) is 55.5 Å². The quantitative estimate of drug-likeness (QED) is 0.514. The summed E-state index contributed by atoms with van der Waals surface area (Å²) in [6.07, 6.45) is 0.481. The fourth-order valence-electron chi connectivity index (χ4n) is 2.18. The van der Waals surface area contributed by atoms with Crippen LogP contribution in [0, 0.1) is 0 Å². The van der Waals surface area contributed by atoms with Crippen molar-refractivity contribution in [2.24, 2.45) is 0 Å². The standard InChI is InChI=1S/C18H23NO2S/c1-14(18(21)15-8-10-16(20)11-9-15)19-12-5-13-22-17-6-3-2-4-7-17/h2-4,6-11,14,18-21H,5,12-13H2,1H3/t14-,18+/m0/s1. The van der Waals surface area contributed by atoms with Crippen molar-refractivity contribution >= 4 is 11.8 Å². The first-order valence-corrected chi connectivity index (χ1v) is 8.53. The van der Waals surface area contributed by atoms with Crippen molar-refractivity contribution in [2.45, 2.75) is 30.4 Å². The van der Waals surface area contributed by atoms with Crippen LogP contribution >= 0.6 is 11.8 Å². The summed E-state index contributed by atoms with van der Waals surface area (Å²) in [6.45, 7) is 2.85. The number of rotatable bonds is 8. The minimum absolute atomic E-state index is 0.0220. The Bertz CT molecular complexity index is 545. The Morgan fingerprint density at radius 3 is 2.41 bits per heavy atom. The molecule has 0 radical (unpaired) electrons. The minimum Gasteiger partial charge on any atom is -0.508 e. The number of aliphatic hydroxyl groups is 1. The number of thioether (sulfide) groups is 1. The highest BCUT2D eigenvalue weighted by Gasteiger charge is 2.15. The Balaban J connectivity index is 1.67. The topological polar surface area (TPSA) is 52.5 Å². The van der Waals surface area contributed by atoms with Crippen LogP contribution < -0.4 is 5.32 Å². The Morgan fingerprint density at radius 1 is 1.05 bits per heavy atom. The maximum atomic E-state index is 10.3. The molecule has 0 aliphatic carbocycles. The summed E-state index contributed by atoms with van der Waals surface area (Å²) in [4.78, 5) is 1.29. The summed E-state index contributed by atoms with van der Waals surface area (Å²) in [7, 11) is 0. The van der Waals surface area contributed by atoms with Gasteiger partial charge in [0.15, 0.2) is 0 Å². The van der Waals surface area contributed by atoms with Gasteiger partial charge >= 0.3 is 0 Å². The second kappa shape index (κ2) is 8.83. The van der Waals surface area contributed by atoms with E-state index in [1.807, 2.05) is 24.8 Å². The molecule has 0 bridgehead atoms. The van der Waals surface area contributed by atoms with Gasteiger partial charge in [-0.1, -0.05) is 30.3 Å². The van der Waals surface area contributed by atoms with Crippen LogP contribution in [0.15, 0.2) is 59.5 Å². The van der Waals surface area contributed by atoms with Gasteiger partial charge in [-0.25, -0.2) is 0 Å². The highest BCUT2D eigenvalue weighted by molar-refractivity contribution is 7.99. The molecule has 2 aromatic rings. The maximum Gasteiger partial charge on any atom is 0.115 e. The predicted octanol–water partition coefficient (Wildman–Crippen LogP) is 3.59. The summed E-state index contributed by atoms with van der Waals surface area (Å²) in [6, 6.07) is 17.1. The first-order valence-electron chi connectivity index (χ1n) is 7.55. The second-order valence-electron chi connectivity index (χ2n) is 5.29. The highest BCUT2D eigenvalue weighted by atomic mass is 32.2. The van der Waals surface area contributed by atoms with Crippen molar-refractivity contribution in [1.29, 1.82) is 0 Å². The van der Waals surface area contributed by atoms with Crippen molar-refractivity contribution in [1.82, 2.24) is 5.32 Å². The third kappa shape index (κ3) is 5.37. The molecular formula is C18H23NO2S. The lowest BCUT2D eigenvalue weighted by Gasteiger charge is -2.20. The Morgan fingerprint density at radius 2 is 1.73 bits per heavy atom. The molecule has 22 heavy (non-hydrogen) atoms. The van der Waals surface area contributed by atoms with Crippen LogP contribution in [0.2, 0.25) is 0 Å². The number of phenolic OH excluding ortho intramolecular Hbond substituents is 1. The van der Waals surface area contributed by atoms with Gasteiger partial charge in [-0.15, -0.1) is 11.8 Å². The van der Waals surface area contributed by atoms with E-state index in [0.717, 1.165) is 24.3 Å². The molecule has 0 saturated heterocycles. The van der Waals surface area contributed by atoms with E-state index in [9.17, 15) is 10.2 Å². The van der Waals surface area contributed by atoms with Gasteiger partial charge < -0.3 is 15.5 Å². The number of aliphatic hydroxyl groups excluding tert-OH is 1. The Labute approximate surface area is 136 Å². The van der Waals surface area contributed by atoms with E-state index in [0.29, 0.717) is 0 Å². The van der Waals surface area contributed by atoms with Gasteiger partial charge in [-0.3, -0.25) is 0 Å². The fourth-order valence-corrected chi connectivity index (χ4v) is 3.05. The molecule has 2 rings (SSSR count). The van der Waals surface area contributed by atoms with E-state index in [1.54, 1.807) is 24.3 Å². The molecule has 4 heteroatoms. The molecule has 2 atom stereocenters. The third-order valence-corrected chi connectivity index (χ3v) is 4.61. The van der Waals surface area contributed by atoms with Gasteiger partial charge in [0.05, 0.1) is 6.10 Å². The van der Waals surface area contributed by atoms with E-state index in [4.69, 9.17) is 0 Å². The van der Waals surface area contributed by atoms with Gasteiger partial charge in [-0.2, -0.15) is 0 Å². The molecule has 0 aromatic heterocycles. The summed E-state index contributed by atoms with van der Waals surface area (Å²) in [5.41, 5.74) is 0.816. The van der Waals surface area contributed by atoms with Crippen molar-refractivity contribution in [3.8, 4) is 5.75 Å². The number of aromatic hydroxyl groups is 1. The number of hydrogen-bond donors (Lipinski definition) is 3. The molecule has 3 nitrogen and oxygen atoms in total. The fraction of sp³-hybridized carbons (Fsp3) is 0.333. The zero-order chi connectivity index (χ0) is 15.8. The molecule has 0 unspecified atom stereocenters. The molecule has 2 aromatic carbocycles. The smallest absolute Gasteiger partial charge is 0.115 e. The average molecular weight is 317 g/mol. The Kier molecular flexibility index (Phi) is 6.77. The SMILES string of the molecule is C[C@H](NCCCSc1ccccc1)[C@@H](O)c1ccc(O)cc1. The molecule has 0 heterocycles. The summed E-state index contributed by atoms with van der Waals surface area (Å²) < 4.78 is 0. The van der Waals surface area contributed by atoms with Crippen LogP contribution in [0.1, 0.15) is 25.0 Å². The lowest BCUT2D eigenvalue weighted by Crippen LogP contribution is -2.33. The monoisotopic (exact) mass is 317 g/mol. The average Bonchev–Trinajstić information content (AvgIpc) is 2.55. The predicted molar refractivity (Wildman–Crippen MR) is 92.3 cm³/mol. The molecule has 0 saturated carbocycles. The van der Waals surface area contributed by atoms with E-state index in [2.05, 4.69) is 29.6 Å². The number of benzene rings is 2. The largest absolute Gasteiger partial charge is 0.508 e. The van der Waals surface area contributed by atoms with Crippen LogP contribution in [0.4, 0.5) is 0 Å². The third-order valence-electron chi connectivity index (χ3n) is 3.51. The minimum atomic E-state index is -0.567. The maximum absolute atomic E-state index is 10.3. The van der Waals surface area contributed by atoms with Gasteiger partial charge in [0.25, 0.3) is 0 Å². The molecule has 0 spiro atoms. The molecule has 0 aliphatic rings. The molecular weight excluding hydrogens is 294 g/mol. The molecule has 0 amide bonds. The van der Waals surface area contributed by atoms with Crippen molar-refractivity contribution in [3.05, 3.63) is 60.2 Å². The van der Waals surface area contributed by atoms with Gasteiger partial charge in [0, 0.05) is 10.9 Å². The summed E-state index contributed by atoms with van der Waals surface area (Å²) in [5, 5.41) is 22.9. The molecule has 0 fully saturated rings. The first kappa shape index (κ1) is 16.9. The first-order chi connectivity index (χ1) is 10.7.